The van der Waals surface area contributed by atoms with Gasteiger partial charge in [0.15, 0.2) is 6.61 Å². The highest BCUT2D eigenvalue weighted by molar-refractivity contribution is 6.31. The number of ether oxygens (including phenoxy) is 1. The van der Waals surface area contributed by atoms with E-state index >= 15 is 0 Å². The molecule has 0 bridgehead atoms. The van der Waals surface area contributed by atoms with Gasteiger partial charge in [-0.3, -0.25) is 14.4 Å². The molecule has 1 saturated heterocycles. The molecule has 0 unspecified atom stereocenters. The fourth-order valence-corrected chi connectivity index (χ4v) is 3.31. The van der Waals surface area contributed by atoms with E-state index in [1.54, 1.807) is 29.2 Å². The Balaban J connectivity index is 1.57. The molecule has 28 heavy (non-hydrogen) atoms. The number of carbonyl (C=O) groups excluding carboxylic acids is 3. The van der Waals surface area contributed by atoms with Crippen molar-refractivity contribution in [2.75, 3.05) is 23.4 Å². The highest BCUT2D eigenvalue weighted by Gasteiger charge is 2.37. The van der Waals surface area contributed by atoms with E-state index in [2.05, 4.69) is 5.32 Å². The maximum absolute atomic E-state index is 12.4. The first-order valence-corrected chi connectivity index (χ1v) is 9.32. The zero-order valence-electron chi connectivity index (χ0n) is 15.7. The van der Waals surface area contributed by atoms with Gasteiger partial charge in [-0.05, 0) is 43.2 Å². The van der Waals surface area contributed by atoms with Gasteiger partial charge in [-0.1, -0.05) is 35.9 Å². The Labute approximate surface area is 168 Å². The normalized spacial score (nSPS) is 16.2. The average Bonchev–Trinajstić information content (AvgIpc) is 3.05. The second kappa shape index (κ2) is 8.44. The van der Waals surface area contributed by atoms with Crippen molar-refractivity contribution >= 4 is 40.8 Å². The van der Waals surface area contributed by atoms with E-state index in [1.165, 1.54) is 0 Å². The lowest BCUT2D eigenvalue weighted by Crippen LogP contribution is -2.28. The maximum Gasteiger partial charge on any atom is 0.311 e. The van der Waals surface area contributed by atoms with Crippen LogP contribution in [-0.4, -0.2) is 30.9 Å². The van der Waals surface area contributed by atoms with Crippen molar-refractivity contribution in [3.8, 4) is 0 Å². The van der Waals surface area contributed by atoms with E-state index in [-0.39, 0.29) is 18.9 Å². The van der Waals surface area contributed by atoms with Gasteiger partial charge in [0.2, 0.25) is 5.91 Å². The molecule has 7 heteroatoms. The van der Waals surface area contributed by atoms with Crippen LogP contribution >= 0.6 is 11.6 Å². The van der Waals surface area contributed by atoms with Gasteiger partial charge in [0.05, 0.1) is 5.92 Å². The van der Waals surface area contributed by atoms with Crippen LogP contribution < -0.4 is 10.2 Å². The van der Waals surface area contributed by atoms with Crippen LogP contribution in [0.15, 0.2) is 42.5 Å². The van der Waals surface area contributed by atoms with Crippen molar-refractivity contribution < 1.29 is 19.1 Å². The molecule has 3 rings (SSSR count). The Kier molecular flexibility index (Phi) is 5.99. The number of hydrogen-bond acceptors (Lipinski definition) is 4. The van der Waals surface area contributed by atoms with Crippen molar-refractivity contribution in [1.82, 2.24) is 0 Å². The lowest BCUT2D eigenvalue weighted by Gasteiger charge is -2.19. The fraction of sp³-hybridized carbons (Fsp3) is 0.286. The highest BCUT2D eigenvalue weighted by atomic mass is 35.5. The Morgan fingerprint density at radius 3 is 2.68 bits per heavy atom. The molecule has 0 aliphatic carbocycles. The summed E-state index contributed by atoms with van der Waals surface area (Å²) in [6, 6.07) is 12.6. The zero-order chi connectivity index (χ0) is 20.3. The molecule has 1 aliphatic rings. The van der Waals surface area contributed by atoms with Gasteiger partial charge in [-0.15, -0.1) is 0 Å². The van der Waals surface area contributed by atoms with E-state index < -0.39 is 24.4 Å². The molecule has 6 nitrogen and oxygen atoms in total. The summed E-state index contributed by atoms with van der Waals surface area (Å²) >= 11 is 6.13. The minimum Gasteiger partial charge on any atom is -0.455 e. The number of hydrogen-bond donors (Lipinski definition) is 1. The van der Waals surface area contributed by atoms with Gasteiger partial charge >= 0.3 is 5.97 Å². The summed E-state index contributed by atoms with van der Waals surface area (Å²) in [5.74, 6) is -1.76. The fourth-order valence-electron chi connectivity index (χ4n) is 3.14. The SMILES string of the molecule is Cc1ccccc1NC(=O)COC(=O)[C@H]1CC(=O)N(c2cccc(Cl)c2C)C1. The van der Waals surface area contributed by atoms with Crippen LogP contribution in [0.1, 0.15) is 17.5 Å². The molecule has 146 valence electrons. The summed E-state index contributed by atoms with van der Waals surface area (Å²) in [6.45, 7) is 3.51. The highest BCUT2D eigenvalue weighted by Crippen LogP contribution is 2.31. The first-order chi connectivity index (χ1) is 13.4. The largest absolute Gasteiger partial charge is 0.455 e. The smallest absolute Gasteiger partial charge is 0.311 e. The predicted molar refractivity (Wildman–Crippen MR) is 107 cm³/mol. The van der Waals surface area contributed by atoms with Crippen LogP contribution in [0.4, 0.5) is 11.4 Å². The molecule has 0 radical (unpaired) electrons. The van der Waals surface area contributed by atoms with Gasteiger partial charge in [-0.25, -0.2) is 0 Å². The molecule has 1 N–H and O–H groups in total. The van der Waals surface area contributed by atoms with Gasteiger partial charge in [-0.2, -0.15) is 0 Å². The number of esters is 1. The van der Waals surface area contributed by atoms with Crippen molar-refractivity contribution in [3.05, 3.63) is 58.6 Å². The van der Waals surface area contributed by atoms with Gasteiger partial charge in [0, 0.05) is 29.4 Å². The third-order valence-corrected chi connectivity index (χ3v) is 5.16. The lowest BCUT2D eigenvalue weighted by atomic mass is 10.1. The summed E-state index contributed by atoms with van der Waals surface area (Å²) in [7, 11) is 0. The Morgan fingerprint density at radius 1 is 1.18 bits per heavy atom. The quantitative estimate of drug-likeness (QED) is 0.779. The van der Waals surface area contributed by atoms with Crippen LogP contribution in [0.2, 0.25) is 5.02 Å². The molecule has 1 aliphatic heterocycles. The molecule has 1 heterocycles. The van der Waals surface area contributed by atoms with Crippen LogP contribution in [0.3, 0.4) is 0 Å². The molecule has 1 fully saturated rings. The standard InChI is InChI=1S/C21H21ClN2O4/c1-13-6-3-4-8-17(13)23-19(25)12-28-21(27)15-10-20(26)24(11-15)18-9-5-7-16(22)14(18)2/h3-9,15H,10-12H2,1-2H3,(H,23,25)/t15-/m0/s1. The molecule has 2 aromatic rings. The number of nitrogens with zero attached hydrogens (tertiary/aromatic N) is 1. The third kappa shape index (κ3) is 4.34. The molecule has 0 aromatic heterocycles. The van der Waals surface area contributed by atoms with Crippen molar-refractivity contribution in [2.24, 2.45) is 5.92 Å². The van der Waals surface area contributed by atoms with Crippen LogP contribution in [0.5, 0.6) is 0 Å². The molecule has 2 aromatic carbocycles. The molecule has 0 saturated carbocycles. The lowest BCUT2D eigenvalue weighted by molar-refractivity contribution is -0.151. The predicted octanol–water partition coefficient (Wildman–Crippen LogP) is 3.49. The van der Waals surface area contributed by atoms with Gasteiger partial charge in [0.25, 0.3) is 5.91 Å². The van der Waals surface area contributed by atoms with Crippen LogP contribution in [0.25, 0.3) is 0 Å². The summed E-state index contributed by atoms with van der Waals surface area (Å²) in [6.07, 6.45) is 0.0458. The topological polar surface area (TPSA) is 75.7 Å². The molecule has 0 spiro atoms. The van der Waals surface area contributed by atoms with E-state index in [0.717, 1.165) is 11.1 Å². The van der Waals surface area contributed by atoms with E-state index in [1.807, 2.05) is 32.0 Å². The molecule has 1 atom stereocenters. The Hall–Kier alpha value is -2.86. The number of nitrogens with one attached hydrogen (secondary N) is 1. The second-order valence-corrected chi connectivity index (χ2v) is 7.17. The van der Waals surface area contributed by atoms with E-state index in [0.29, 0.717) is 16.4 Å². The van der Waals surface area contributed by atoms with Gasteiger partial charge < -0.3 is 15.0 Å². The first-order valence-electron chi connectivity index (χ1n) is 8.94. The Morgan fingerprint density at radius 2 is 1.93 bits per heavy atom. The molecular formula is C21H21ClN2O4. The number of halogens is 1. The summed E-state index contributed by atoms with van der Waals surface area (Å²) in [5, 5.41) is 3.26. The van der Waals surface area contributed by atoms with Crippen molar-refractivity contribution in [1.29, 1.82) is 0 Å². The summed E-state index contributed by atoms with van der Waals surface area (Å²) in [4.78, 5) is 38.3. The van der Waals surface area contributed by atoms with Gasteiger partial charge in [0.1, 0.15) is 0 Å². The molecule has 2 amide bonds. The minimum atomic E-state index is -0.614. The van der Waals surface area contributed by atoms with E-state index in [4.69, 9.17) is 16.3 Å². The number of amides is 2. The number of para-hydroxylation sites is 1. The summed E-state index contributed by atoms with van der Waals surface area (Å²) in [5.41, 5.74) is 3.05. The number of carbonyl (C=O) groups is 3. The number of rotatable bonds is 5. The first kappa shape index (κ1) is 19.9. The van der Waals surface area contributed by atoms with Crippen LogP contribution in [0, 0.1) is 19.8 Å². The zero-order valence-corrected chi connectivity index (χ0v) is 16.5. The van der Waals surface area contributed by atoms with Crippen molar-refractivity contribution in [3.63, 3.8) is 0 Å². The molecular weight excluding hydrogens is 380 g/mol. The van der Waals surface area contributed by atoms with E-state index in [9.17, 15) is 14.4 Å². The van der Waals surface area contributed by atoms with Crippen molar-refractivity contribution in [2.45, 2.75) is 20.3 Å². The minimum absolute atomic E-state index is 0.0458. The monoisotopic (exact) mass is 400 g/mol. The van der Waals surface area contributed by atoms with Crippen LogP contribution in [-0.2, 0) is 19.1 Å². The third-order valence-electron chi connectivity index (χ3n) is 4.75. The average molecular weight is 401 g/mol. The number of aryl methyl sites for hydroxylation is 1. The Bertz CT molecular complexity index is 928. The summed E-state index contributed by atoms with van der Waals surface area (Å²) < 4.78 is 5.13. The maximum atomic E-state index is 12.4. The number of benzene rings is 2. The second-order valence-electron chi connectivity index (χ2n) is 6.76. The number of anilines is 2.